The predicted octanol–water partition coefficient (Wildman–Crippen LogP) is 1.65. The smallest absolute Gasteiger partial charge is 0.321 e. The Bertz CT molecular complexity index is 384. The Morgan fingerprint density at radius 1 is 1.21 bits per heavy atom. The third-order valence-corrected chi connectivity index (χ3v) is 3.56. The van der Waals surface area contributed by atoms with Gasteiger partial charge < -0.3 is 10.4 Å². The van der Waals surface area contributed by atoms with Gasteiger partial charge in [0.25, 0.3) is 0 Å². The second-order valence-corrected chi connectivity index (χ2v) is 6.14. The number of carbonyl (C=O) groups excluding carboxylic acids is 2. The molecule has 1 aliphatic rings. The highest BCUT2D eigenvalue weighted by Crippen LogP contribution is 2.28. The molecule has 108 valence electrons. The number of carboxylic acid groups (broad SMARTS) is 1. The summed E-state index contributed by atoms with van der Waals surface area (Å²) in [5, 5.41) is 13.9. The fourth-order valence-corrected chi connectivity index (χ4v) is 2.23. The molecule has 0 heterocycles. The van der Waals surface area contributed by atoms with Gasteiger partial charge in [0, 0.05) is 12.0 Å². The largest absolute Gasteiger partial charge is 0.481 e. The molecule has 19 heavy (non-hydrogen) atoms. The molecule has 6 nitrogen and oxygen atoms in total. The van der Waals surface area contributed by atoms with Crippen molar-refractivity contribution in [2.75, 3.05) is 0 Å². The van der Waals surface area contributed by atoms with Gasteiger partial charge in [-0.2, -0.15) is 0 Å². The number of nitrogens with one attached hydrogen (secondary N) is 2. The third-order valence-electron chi connectivity index (χ3n) is 3.56. The maximum Gasteiger partial charge on any atom is 0.321 e. The van der Waals surface area contributed by atoms with E-state index in [9.17, 15) is 14.4 Å². The van der Waals surface area contributed by atoms with Crippen LogP contribution in [-0.2, 0) is 9.59 Å². The van der Waals surface area contributed by atoms with Gasteiger partial charge in [-0.3, -0.25) is 14.9 Å². The number of imide groups is 1. The fraction of sp³-hybridized carbons (Fsp3) is 0.769. The van der Waals surface area contributed by atoms with Crippen molar-refractivity contribution in [3.05, 3.63) is 0 Å². The van der Waals surface area contributed by atoms with Crippen LogP contribution in [0.5, 0.6) is 0 Å². The second kappa shape index (κ2) is 5.59. The summed E-state index contributed by atoms with van der Waals surface area (Å²) >= 11 is 0. The van der Waals surface area contributed by atoms with E-state index in [1.54, 1.807) is 0 Å². The van der Waals surface area contributed by atoms with E-state index in [0.717, 1.165) is 25.7 Å². The normalized spacial score (nSPS) is 17.8. The monoisotopic (exact) mass is 270 g/mol. The highest BCUT2D eigenvalue weighted by atomic mass is 16.4. The Morgan fingerprint density at radius 3 is 2.21 bits per heavy atom. The third kappa shape index (κ3) is 4.54. The maximum atomic E-state index is 11.7. The summed E-state index contributed by atoms with van der Waals surface area (Å²) in [6, 6.07) is -0.546. The molecule has 1 saturated carbocycles. The minimum Gasteiger partial charge on any atom is -0.481 e. The lowest BCUT2D eigenvalue weighted by Crippen LogP contribution is -2.50. The minimum absolute atomic E-state index is 0.230. The van der Waals surface area contributed by atoms with Crippen LogP contribution in [0, 0.1) is 5.41 Å². The first-order valence-electron chi connectivity index (χ1n) is 6.50. The number of carbonyl (C=O) groups is 3. The summed E-state index contributed by atoms with van der Waals surface area (Å²) in [5.74, 6) is -1.64. The first kappa shape index (κ1) is 15.5. The zero-order chi connectivity index (χ0) is 14.7. The van der Waals surface area contributed by atoms with Crippen LogP contribution >= 0.6 is 0 Å². The molecule has 0 aliphatic heterocycles. The highest BCUT2D eigenvalue weighted by Gasteiger charge is 2.33. The van der Waals surface area contributed by atoms with E-state index in [4.69, 9.17) is 5.11 Å². The number of aliphatic carboxylic acids is 1. The van der Waals surface area contributed by atoms with Crippen LogP contribution < -0.4 is 10.6 Å². The summed E-state index contributed by atoms with van der Waals surface area (Å²) in [4.78, 5) is 34.2. The van der Waals surface area contributed by atoms with Crippen molar-refractivity contribution < 1.29 is 19.5 Å². The van der Waals surface area contributed by atoms with Gasteiger partial charge in [-0.1, -0.05) is 12.8 Å². The lowest BCUT2D eigenvalue weighted by Gasteiger charge is -2.25. The van der Waals surface area contributed by atoms with E-state index < -0.39 is 23.3 Å². The van der Waals surface area contributed by atoms with Crippen molar-refractivity contribution in [2.24, 2.45) is 5.41 Å². The van der Waals surface area contributed by atoms with E-state index in [1.807, 2.05) is 6.92 Å². The van der Waals surface area contributed by atoms with Gasteiger partial charge in [0.05, 0.1) is 5.41 Å². The van der Waals surface area contributed by atoms with E-state index in [-0.39, 0.29) is 12.0 Å². The zero-order valence-electron chi connectivity index (χ0n) is 11.7. The van der Waals surface area contributed by atoms with Crippen LogP contribution in [0.1, 0.15) is 52.9 Å². The van der Waals surface area contributed by atoms with Crippen LogP contribution in [-0.4, -0.2) is 28.6 Å². The standard InChI is InChI=1S/C13H22N2O4/c1-12(2,10(17)18)8-9(16)14-11(19)15-13(3)6-4-5-7-13/h4-8H2,1-3H3,(H,17,18)(H2,14,15,16,19). The van der Waals surface area contributed by atoms with Crippen LogP contribution in [0.15, 0.2) is 0 Å². The highest BCUT2D eigenvalue weighted by molar-refractivity contribution is 5.96. The molecule has 1 aliphatic carbocycles. The Hall–Kier alpha value is -1.59. The Morgan fingerprint density at radius 2 is 1.74 bits per heavy atom. The lowest BCUT2D eigenvalue weighted by atomic mass is 9.89. The summed E-state index contributed by atoms with van der Waals surface area (Å²) < 4.78 is 0. The van der Waals surface area contributed by atoms with Gasteiger partial charge in [0.1, 0.15) is 0 Å². The van der Waals surface area contributed by atoms with Gasteiger partial charge in [-0.15, -0.1) is 0 Å². The van der Waals surface area contributed by atoms with Crippen LogP contribution in [0.3, 0.4) is 0 Å². The minimum atomic E-state index is -1.18. The predicted molar refractivity (Wildman–Crippen MR) is 69.6 cm³/mol. The Balaban J connectivity index is 2.44. The van der Waals surface area contributed by atoms with Crippen molar-refractivity contribution in [3.63, 3.8) is 0 Å². The molecular formula is C13H22N2O4. The average Bonchev–Trinajstić information content (AvgIpc) is 2.62. The molecule has 1 fully saturated rings. The van der Waals surface area contributed by atoms with Crippen LogP contribution in [0.4, 0.5) is 4.79 Å². The van der Waals surface area contributed by atoms with Gasteiger partial charge in [-0.25, -0.2) is 4.79 Å². The van der Waals surface area contributed by atoms with Crippen molar-refractivity contribution in [2.45, 2.75) is 58.4 Å². The first-order chi connectivity index (χ1) is 8.65. The summed E-state index contributed by atoms with van der Waals surface area (Å²) in [6.07, 6.45) is 3.70. The van der Waals surface area contributed by atoms with Crippen molar-refractivity contribution >= 4 is 17.9 Å². The van der Waals surface area contributed by atoms with E-state index in [1.165, 1.54) is 13.8 Å². The number of rotatable bonds is 4. The quantitative estimate of drug-likeness (QED) is 0.723. The first-order valence-corrected chi connectivity index (χ1v) is 6.50. The average molecular weight is 270 g/mol. The molecule has 0 radical (unpaired) electrons. The number of amides is 3. The molecular weight excluding hydrogens is 248 g/mol. The number of urea groups is 1. The molecule has 0 saturated heterocycles. The molecule has 6 heteroatoms. The Kier molecular flexibility index (Phi) is 4.55. The van der Waals surface area contributed by atoms with Crippen molar-refractivity contribution in [3.8, 4) is 0 Å². The van der Waals surface area contributed by atoms with Gasteiger partial charge >= 0.3 is 12.0 Å². The topological polar surface area (TPSA) is 95.5 Å². The summed E-state index contributed by atoms with van der Waals surface area (Å²) in [5.41, 5.74) is -1.44. The lowest BCUT2D eigenvalue weighted by molar-refractivity contribution is -0.149. The van der Waals surface area contributed by atoms with Gasteiger partial charge in [0.2, 0.25) is 5.91 Å². The number of hydrogen-bond donors (Lipinski definition) is 3. The van der Waals surface area contributed by atoms with Crippen LogP contribution in [0.25, 0.3) is 0 Å². The maximum absolute atomic E-state index is 11.7. The van der Waals surface area contributed by atoms with Crippen molar-refractivity contribution in [1.82, 2.24) is 10.6 Å². The molecule has 3 N–H and O–H groups in total. The molecule has 0 aromatic carbocycles. The van der Waals surface area contributed by atoms with E-state index in [2.05, 4.69) is 10.6 Å². The van der Waals surface area contributed by atoms with E-state index >= 15 is 0 Å². The molecule has 0 spiro atoms. The Labute approximate surface area is 112 Å². The van der Waals surface area contributed by atoms with Gasteiger partial charge in [-0.05, 0) is 33.6 Å². The number of carboxylic acids is 1. The molecule has 1 rings (SSSR count). The van der Waals surface area contributed by atoms with E-state index in [0.29, 0.717) is 0 Å². The molecule has 0 aromatic heterocycles. The van der Waals surface area contributed by atoms with Crippen molar-refractivity contribution in [1.29, 1.82) is 0 Å². The number of hydrogen-bond acceptors (Lipinski definition) is 3. The SMILES string of the molecule is CC1(NC(=O)NC(=O)CC(C)(C)C(=O)O)CCCC1. The fourth-order valence-electron chi connectivity index (χ4n) is 2.23. The second-order valence-electron chi connectivity index (χ2n) is 6.14. The summed E-state index contributed by atoms with van der Waals surface area (Å²) in [7, 11) is 0. The molecule has 0 atom stereocenters. The molecule has 0 unspecified atom stereocenters. The molecule has 0 aromatic rings. The van der Waals surface area contributed by atoms with Crippen LogP contribution in [0.2, 0.25) is 0 Å². The van der Waals surface area contributed by atoms with Gasteiger partial charge in [0.15, 0.2) is 0 Å². The molecule has 0 bridgehead atoms. The zero-order valence-corrected chi connectivity index (χ0v) is 11.7. The summed E-state index contributed by atoms with van der Waals surface area (Å²) in [6.45, 7) is 4.85. The molecule has 3 amide bonds.